The molecule has 7 nitrogen and oxygen atoms in total. The van der Waals surface area contributed by atoms with Gasteiger partial charge in [0, 0.05) is 24.0 Å². The van der Waals surface area contributed by atoms with Crippen molar-refractivity contribution in [2.75, 3.05) is 19.8 Å². The summed E-state index contributed by atoms with van der Waals surface area (Å²) in [5.74, 6) is -0.258. The molecule has 2 N–H and O–H groups in total. The van der Waals surface area contributed by atoms with E-state index in [9.17, 15) is 9.59 Å². The number of carbonyl (C=O) groups excluding carboxylic acids is 2. The lowest BCUT2D eigenvalue weighted by atomic mass is 9.78. The second-order valence-electron chi connectivity index (χ2n) is 9.98. The molecule has 2 aliphatic carbocycles. The van der Waals surface area contributed by atoms with Crippen LogP contribution in [0.4, 0.5) is 0 Å². The Kier molecular flexibility index (Phi) is 8.62. The van der Waals surface area contributed by atoms with E-state index in [0.29, 0.717) is 13.0 Å². The van der Waals surface area contributed by atoms with Gasteiger partial charge in [0.25, 0.3) is 8.53 Å². The van der Waals surface area contributed by atoms with Gasteiger partial charge in [0.15, 0.2) is 0 Å². The first-order chi connectivity index (χ1) is 13.9. The normalized spacial score (nSPS) is 29.8. The molecule has 2 unspecified atom stereocenters. The number of rotatable bonds is 12. The van der Waals surface area contributed by atoms with E-state index in [1.807, 2.05) is 6.92 Å². The number of fused-ring (bicyclic) bond motifs is 2. The van der Waals surface area contributed by atoms with Crippen LogP contribution in [0.2, 0.25) is 0 Å². The van der Waals surface area contributed by atoms with Crippen LogP contribution in [0.1, 0.15) is 61.3 Å². The van der Waals surface area contributed by atoms with Crippen molar-refractivity contribution in [3.63, 3.8) is 0 Å². The van der Waals surface area contributed by atoms with Crippen molar-refractivity contribution in [2.45, 2.75) is 79.4 Å². The van der Waals surface area contributed by atoms with Crippen molar-refractivity contribution < 1.29 is 18.6 Å². The van der Waals surface area contributed by atoms with E-state index in [-0.39, 0.29) is 53.9 Å². The Hall–Kier alpha value is -0.850. The SMILES string of the molecule is CC(N)COP(OCCN(C=O)C(=O)[C@H]1C[C@]2(C)C=C[C@@]1(C)C2)N(C(C)C)C(C)C. The van der Waals surface area contributed by atoms with Crippen LogP contribution in [0.25, 0.3) is 0 Å². The van der Waals surface area contributed by atoms with Crippen molar-refractivity contribution in [1.82, 2.24) is 9.57 Å². The fraction of sp³-hybridized carbons (Fsp3) is 0.818. The van der Waals surface area contributed by atoms with E-state index in [2.05, 4.69) is 58.4 Å². The Bertz CT molecular complexity index is 634. The zero-order valence-corrected chi connectivity index (χ0v) is 20.5. The Balaban J connectivity index is 1.99. The van der Waals surface area contributed by atoms with Gasteiger partial charge in [0.05, 0.1) is 19.8 Å². The summed E-state index contributed by atoms with van der Waals surface area (Å²) in [4.78, 5) is 26.1. The molecule has 0 aromatic carbocycles. The number of carbonyl (C=O) groups is 2. The number of hydrogen-bond acceptors (Lipinski definition) is 6. The molecule has 172 valence electrons. The monoisotopic (exact) mass is 441 g/mol. The van der Waals surface area contributed by atoms with E-state index < -0.39 is 8.53 Å². The summed E-state index contributed by atoms with van der Waals surface area (Å²) < 4.78 is 14.2. The summed E-state index contributed by atoms with van der Waals surface area (Å²) in [5, 5.41) is 0. The summed E-state index contributed by atoms with van der Waals surface area (Å²) in [6.45, 7) is 15.4. The third-order valence-corrected chi connectivity index (χ3v) is 8.13. The third kappa shape index (κ3) is 5.89. The van der Waals surface area contributed by atoms with E-state index >= 15 is 0 Å². The van der Waals surface area contributed by atoms with Gasteiger partial charge < -0.3 is 14.8 Å². The molecule has 0 heterocycles. The van der Waals surface area contributed by atoms with Crippen LogP contribution in [-0.2, 0) is 18.6 Å². The minimum Gasteiger partial charge on any atom is -0.326 e. The molecule has 2 rings (SSSR count). The lowest BCUT2D eigenvalue weighted by Crippen LogP contribution is -2.42. The van der Waals surface area contributed by atoms with Crippen LogP contribution in [0.3, 0.4) is 0 Å². The van der Waals surface area contributed by atoms with Gasteiger partial charge in [0.1, 0.15) is 0 Å². The molecule has 30 heavy (non-hydrogen) atoms. The number of allylic oxidation sites excluding steroid dienone is 2. The lowest BCUT2D eigenvalue weighted by Gasteiger charge is -2.36. The maximum absolute atomic E-state index is 13.1. The number of nitrogens with two attached hydrogens (primary N) is 1. The average Bonchev–Trinajstić information content (AvgIpc) is 3.09. The molecule has 8 heteroatoms. The maximum Gasteiger partial charge on any atom is 0.259 e. The fourth-order valence-electron chi connectivity index (χ4n) is 4.79. The fourth-order valence-corrected chi connectivity index (χ4v) is 6.48. The van der Waals surface area contributed by atoms with Gasteiger partial charge in [-0.05, 0) is 58.3 Å². The summed E-state index contributed by atoms with van der Waals surface area (Å²) in [7, 11) is -1.34. The van der Waals surface area contributed by atoms with Crippen molar-refractivity contribution in [3.8, 4) is 0 Å². The second kappa shape index (κ2) is 10.2. The first-order valence-electron chi connectivity index (χ1n) is 11.0. The molecular formula is C22H40N3O4P. The molecule has 1 fully saturated rings. The highest BCUT2D eigenvalue weighted by molar-refractivity contribution is 7.44. The molecule has 0 aliphatic heterocycles. The Morgan fingerprint density at radius 3 is 2.27 bits per heavy atom. The second-order valence-corrected chi connectivity index (χ2v) is 11.4. The molecule has 2 bridgehead atoms. The topological polar surface area (TPSA) is 85.1 Å². The molecule has 0 spiro atoms. The standard InChI is InChI=1S/C22H40N3O4P/c1-16(2)25(17(3)4)30(29-13-18(5)23)28-11-10-24(15-26)20(27)19-12-21(6)8-9-22(19,7)14-21/h8-9,15-19H,10-14,23H2,1-7H3/t18?,19-,21+,22+,30?/m1/s1. The van der Waals surface area contributed by atoms with E-state index in [1.165, 1.54) is 4.90 Å². The highest BCUT2D eigenvalue weighted by Crippen LogP contribution is 2.60. The van der Waals surface area contributed by atoms with Gasteiger partial charge in [-0.2, -0.15) is 0 Å². The van der Waals surface area contributed by atoms with Gasteiger partial charge in [0.2, 0.25) is 12.3 Å². The Labute approximate surface area is 183 Å². The largest absolute Gasteiger partial charge is 0.326 e. The van der Waals surface area contributed by atoms with Crippen LogP contribution in [0.5, 0.6) is 0 Å². The molecule has 0 aromatic rings. The Morgan fingerprint density at radius 2 is 1.83 bits per heavy atom. The van der Waals surface area contributed by atoms with Crippen molar-refractivity contribution >= 4 is 20.8 Å². The van der Waals surface area contributed by atoms with Crippen molar-refractivity contribution in [1.29, 1.82) is 0 Å². The molecular weight excluding hydrogens is 401 g/mol. The molecule has 0 saturated heterocycles. The van der Waals surface area contributed by atoms with E-state index in [4.69, 9.17) is 14.8 Å². The summed E-state index contributed by atoms with van der Waals surface area (Å²) >= 11 is 0. The third-order valence-electron chi connectivity index (χ3n) is 6.05. The molecule has 2 amide bonds. The van der Waals surface area contributed by atoms with Gasteiger partial charge in [-0.1, -0.05) is 26.0 Å². The van der Waals surface area contributed by atoms with Crippen molar-refractivity contribution in [2.24, 2.45) is 22.5 Å². The molecule has 2 aliphatic rings. The van der Waals surface area contributed by atoms with E-state index in [0.717, 1.165) is 12.8 Å². The first-order valence-corrected chi connectivity index (χ1v) is 12.1. The van der Waals surface area contributed by atoms with Crippen LogP contribution in [0.15, 0.2) is 12.2 Å². The highest BCUT2D eigenvalue weighted by atomic mass is 31.2. The van der Waals surface area contributed by atoms with E-state index in [1.54, 1.807) is 0 Å². The zero-order valence-electron chi connectivity index (χ0n) is 19.6. The van der Waals surface area contributed by atoms with Crippen LogP contribution < -0.4 is 5.73 Å². The maximum atomic E-state index is 13.1. The number of hydrogen-bond donors (Lipinski definition) is 1. The summed E-state index contributed by atoms with van der Waals surface area (Å²) in [5.41, 5.74) is 5.77. The lowest BCUT2D eigenvalue weighted by molar-refractivity contribution is -0.143. The minimum absolute atomic E-state index is 0.0657. The Morgan fingerprint density at radius 1 is 1.20 bits per heavy atom. The summed E-state index contributed by atoms with van der Waals surface area (Å²) in [6, 6.07) is 0.366. The van der Waals surface area contributed by atoms with Gasteiger partial charge in [-0.15, -0.1) is 0 Å². The predicted octanol–water partition coefficient (Wildman–Crippen LogP) is 3.69. The highest BCUT2D eigenvalue weighted by Gasteiger charge is 2.55. The van der Waals surface area contributed by atoms with Crippen LogP contribution in [-0.4, -0.2) is 59.8 Å². The van der Waals surface area contributed by atoms with Gasteiger partial charge >= 0.3 is 0 Å². The average molecular weight is 442 g/mol. The number of nitrogens with zero attached hydrogens (tertiary/aromatic N) is 2. The van der Waals surface area contributed by atoms with Crippen LogP contribution >= 0.6 is 8.53 Å². The predicted molar refractivity (Wildman–Crippen MR) is 120 cm³/mol. The minimum atomic E-state index is -1.34. The number of imide groups is 1. The van der Waals surface area contributed by atoms with Gasteiger partial charge in [-0.25, -0.2) is 4.67 Å². The zero-order chi connectivity index (χ0) is 22.7. The van der Waals surface area contributed by atoms with Crippen molar-refractivity contribution in [3.05, 3.63) is 12.2 Å². The molecule has 0 aromatic heterocycles. The first kappa shape index (κ1) is 25.4. The number of amides is 2. The molecule has 1 saturated carbocycles. The van der Waals surface area contributed by atoms with Crippen LogP contribution in [0, 0.1) is 16.7 Å². The summed E-state index contributed by atoms with van der Waals surface area (Å²) in [6.07, 6.45) is 6.78. The molecule has 0 radical (unpaired) electrons. The van der Waals surface area contributed by atoms with Gasteiger partial charge in [-0.3, -0.25) is 14.5 Å². The quantitative estimate of drug-likeness (QED) is 0.282. The smallest absolute Gasteiger partial charge is 0.259 e. The molecule has 5 atom stereocenters.